The maximum absolute atomic E-state index is 14.9. The van der Waals surface area contributed by atoms with Gasteiger partial charge in [-0.3, -0.25) is 19.5 Å². The summed E-state index contributed by atoms with van der Waals surface area (Å²) in [7, 11) is -1.75. The van der Waals surface area contributed by atoms with Crippen molar-refractivity contribution in [2.45, 2.75) is 85.2 Å². The van der Waals surface area contributed by atoms with Crippen molar-refractivity contribution in [2.24, 2.45) is 0 Å². The van der Waals surface area contributed by atoms with Crippen molar-refractivity contribution in [1.29, 1.82) is 0 Å². The molecule has 6 aliphatic rings. The summed E-state index contributed by atoms with van der Waals surface area (Å²) >= 11 is 3.34. The highest BCUT2D eigenvalue weighted by atomic mass is 79.9. The molecule has 4 aromatic carbocycles. The molecule has 4 saturated heterocycles. The predicted molar refractivity (Wildman–Crippen MR) is 318 cm³/mol. The summed E-state index contributed by atoms with van der Waals surface area (Å²) in [5.74, 6) is 0.592. The van der Waals surface area contributed by atoms with Crippen LogP contribution in [0.5, 0.6) is 11.5 Å². The van der Waals surface area contributed by atoms with Crippen LogP contribution in [0.2, 0.25) is 0 Å². The van der Waals surface area contributed by atoms with Crippen molar-refractivity contribution < 1.29 is 61.5 Å². The van der Waals surface area contributed by atoms with Crippen LogP contribution in [0.25, 0.3) is 0 Å². The van der Waals surface area contributed by atoms with E-state index in [0.29, 0.717) is 68.0 Å². The number of cyclic esters (lactones) is 2. The van der Waals surface area contributed by atoms with Crippen LogP contribution in [0.1, 0.15) is 70.9 Å². The summed E-state index contributed by atoms with van der Waals surface area (Å²) < 4.78 is 61.9. The summed E-state index contributed by atoms with van der Waals surface area (Å²) in [6.45, 7) is 12.2. The predicted octanol–water partition coefficient (Wildman–Crippen LogP) is 7.00. The Balaban J connectivity index is 0.000000266. The fourth-order valence-electron chi connectivity index (χ4n) is 9.68. The van der Waals surface area contributed by atoms with Gasteiger partial charge in [0.05, 0.1) is 68.8 Å². The van der Waals surface area contributed by atoms with E-state index in [-0.39, 0.29) is 77.0 Å². The number of benzene rings is 4. The highest BCUT2D eigenvalue weighted by Gasteiger charge is 2.35. The number of piperazine rings is 1. The topological polar surface area (TPSA) is 175 Å². The van der Waals surface area contributed by atoms with Gasteiger partial charge in [-0.1, -0.05) is 54.5 Å². The van der Waals surface area contributed by atoms with E-state index in [0.717, 1.165) is 111 Å². The summed E-state index contributed by atoms with van der Waals surface area (Å²) in [5.41, 5.74) is 5.66. The first-order chi connectivity index (χ1) is 35.9. The number of carbonyl (C=O) groups excluding carboxylic acids is 3. The number of nitrogens with one attached hydrogen (secondary N) is 1. The Morgan fingerprint density at radius 3 is 1.68 bits per heavy atom. The number of ether oxygens (including phenoxy) is 4. The molecule has 4 aromatic rings. The maximum Gasteiger partial charge on any atom is 0.495 e. The summed E-state index contributed by atoms with van der Waals surface area (Å²) in [4.78, 5) is 44.4. The number of alkyl halides is 1. The van der Waals surface area contributed by atoms with Crippen LogP contribution in [0, 0.1) is 11.6 Å². The van der Waals surface area contributed by atoms with Crippen molar-refractivity contribution in [3.05, 3.63) is 95.6 Å². The van der Waals surface area contributed by atoms with Crippen LogP contribution in [0.3, 0.4) is 0 Å². The first-order valence-corrected chi connectivity index (χ1v) is 26.7. The molecule has 0 spiro atoms. The van der Waals surface area contributed by atoms with Gasteiger partial charge in [-0.05, 0) is 98.2 Å². The highest BCUT2D eigenvalue weighted by Crippen LogP contribution is 2.31. The average molecular weight is 1210 g/mol. The largest absolute Gasteiger partial charge is 0.495 e. The van der Waals surface area contributed by atoms with Crippen molar-refractivity contribution in [3.8, 4) is 11.5 Å². The van der Waals surface area contributed by atoms with Gasteiger partial charge in [0.2, 0.25) is 5.91 Å². The van der Waals surface area contributed by atoms with E-state index in [9.17, 15) is 33.2 Å². The minimum Gasteiger partial charge on any atom is -0.494 e. The molecule has 0 radical (unpaired) electrons. The summed E-state index contributed by atoms with van der Waals surface area (Å²) in [6.07, 6.45) is 4.38. The molecule has 3 amide bonds. The van der Waals surface area contributed by atoms with Crippen LogP contribution >= 0.6 is 55.3 Å². The van der Waals surface area contributed by atoms with Crippen molar-refractivity contribution in [2.75, 3.05) is 104 Å². The number of rotatable bonds is 16. The molecule has 6 aliphatic heterocycles. The van der Waals surface area contributed by atoms with Crippen LogP contribution in [-0.4, -0.2) is 143 Å². The average Bonchev–Trinajstić information content (AvgIpc) is 4.20. The third-order valence-electron chi connectivity index (χ3n) is 13.7. The first-order valence-electron chi connectivity index (χ1n) is 25.6. The second-order valence-electron chi connectivity index (χ2n) is 18.8. The van der Waals surface area contributed by atoms with Gasteiger partial charge in [-0.25, -0.2) is 18.4 Å². The van der Waals surface area contributed by atoms with Crippen LogP contribution in [0.4, 0.5) is 41.1 Å². The number of fused-ring (bicyclic) bond motifs is 2. The molecule has 25 heteroatoms. The molecule has 78 heavy (non-hydrogen) atoms. The molecular formula is C53H74B2BrClF2N6O11S2. The van der Waals surface area contributed by atoms with E-state index in [1.165, 1.54) is 35.3 Å². The Hall–Kier alpha value is -4.65. The molecule has 0 aromatic heterocycles. The Morgan fingerprint density at radius 1 is 0.718 bits per heavy atom. The van der Waals surface area contributed by atoms with Crippen molar-refractivity contribution in [3.63, 3.8) is 0 Å². The second kappa shape index (κ2) is 32.0. The third-order valence-corrected chi connectivity index (χ3v) is 14.3. The fourth-order valence-corrected chi connectivity index (χ4v) is 9.91. The molecule has 2 atom stereocenters. The fraction of sp³-hybridized carbons (Fsp3) is 0.491. The number of carbonyl (C=O) groups is 3. The standard InChI is InChI=1S/C25H31BFN3O5.C17H22FN3O3.C10H12BBrO3.CH4.ClH.2H2S/c1-2-20-16-30(25(31)35-20)19-7-8-22(21(27)15-19)29-12-10-28(11-13-29)9-4-14-33-23-6-3-5-18-17-34-26(32)24(18)23;1-12(22)19-10-14-11-21(17(23)24-14)13-5-6-16(15(18)9-13)20-7-3-2-4-8-20;12-5-2-6-14-9-4-1-3-8-7-15-11(13)10(8)9;;;;/h3,5-8,15,20,32H,2,4,9-14,16-17H2,1H3;5-6,9,14H,2-4,7-8,10-11H2,1H3,(H,19,22);1,3-4,13H,2,5-7H2;1H4;1H;2*1H2/t20-;14-;;;;;/m00...../s1. The lowest BCUT2D eigenvalue weighted by Gasteiger charge is -2.36. The van der Waals surface area contributed by atoms with E-state index in [1.54, 1.807) is 24.3 Å². The molecule has 0 aliphatic carbocycles. The number of nitrogens with zero attached hydrogens (tertiary/aromatic N) is 5. The molecule has 6 heterocycles. The van der Waals surface area contributed by atoms with Crippen molar-refractivity contribution in [1.82, 2.24) is 10.2 Å². The van der Waals surface area contributed by atoms with Gasteiger partial charge in [0.1, 0.15) is 35.3 Å². The Labute approximate surface area is 486 Å². The molecule has 3 N–H and O–H groups in total. The molecule has 0 bridgehead atoms. The normalized spacial score (nSPS) is 18.3. The summed E-state index contributed by atoms with van der Waals surface area (Å²) in [5, 5.41) is 23.1. The Bertz CT molecular complexity index is 2580. The number of hydrogen-bond acceptors (Lipinski definition) is 14. The smallest absolute Gasteiger partial charge is 0.494 e. The molecular weight excluding hydrogens is 1140 g/mol. The lowest BCUT2D eigenvalue weighted by molar-refractivity contribution is -0.119. The number of anilines is 4. The monoisotopic (exact) mass is 1210 g/mol. The second-order valence-corrected chi connectivity index (χ2v) is 19.6. The molecule has 0 saturated carbocycles. The van der Waals surface area contributed by atoms with E-state index >= 15 is 0 Å². The van der Waals surface area contributed by atoms with E-state index in [4.69, 9.17) is 28.3 Å². The quantitative estimate of drug-likeness (QED) is 0.0595. The van der Waals surface area contributed by atoms with Gasteiger partial charge in [-0.15, -0.1) is 12.4 Å². The lowest BCUT2D eigenvalue weighted by Crippen LogP contribution is -2.47. The zero-order valence-electron chi connectivity index (χ0n) is 43.4. The minimum absolute atomic E-state index is 0. The number of halogens is 4. The van der Waals surface area contributed by atoms with Gasteiger partial charge in [0.25, 0.3) is 0 Å². The highest BCUT2D eigenvalue weighted by molar-refractivity contribution is 9.09. The maximum atomic E-state index is 14.9. The van der Waals surface area contributed by atoms with E-state index in [2.05, 4.69) is 31.0 Å². The summed E-state index contributed by atoms with van der Waals surface area (Å²) in [6, 6.07) is 21.3. The van der Waals surface area contributed by atoms with Crippen LogP contribution in [0.15, 0.2) is 72.8 Å². The zero-order chi connectivity index (χ0) is 52.1. The Morgan fingerprint density at radius 2 is 1.21 bits per heavy atom. The van der Waals surface area contributed by atoms with Gasteiger partial charge >= 0.3 is 26.4 Å². The minimum atomic E-state index is -0.916. The van der Waals surface area contributed by atoms with Crippen LogP contribution in [-0.2, 0) is 36.8 Å². The molecule has 10 rings (SSSR count). The molecule has 428 valence electrons. The van der Waals surface area contributed by atoms with Gasteiger partial charge < -0.3 is 53.4 Å². The third kappa shape index (κ3) is 16.9. The molecule has 17 nitrogen and oxygen atoms in total. The molecule has 0 unspecified atom stereocenters. The zero-order valence-corrected chi connectivity index (χ0v) is 47.8. The van der Waals surface area contributed by atoms with Gasteiger partial charge in [0.15, 0.2) is 0 Å². The van der Waals surface area contributed by atoms with E-state index in [1.807, 2.05) is 48.2 Å². The first kappa shape index (κ1) is 65.9. The van der Waals surface area contributed by atoms with Gasteiger partial charge in [-0.2, -0.15) is 27.0 Å². The van der Waals surface area contributed by atoms with Gasteiger partial charge in [0, 0.05) is 69.0 Å². The number of piperidine rings is 1. The van der Waals surface area contributed by atoms with Crippen LogP contribution < -0.4 is 45.3 Å². The molecule has 4 fully saturated rings. The van der Waals surface area contributed by atoms with Crippen molar-refractivity contribution >= 4 is 121 Å². The SMILES string of the molecule is C.CC(=O)NC[C@H]1CN(c2ccc(N3CCCCC3)c(F)c2)C(=O)O1.CC[C@H]1CN(c2ccc(N3CCN(CCCOc4cccc5c4B(O)OC5)CC3)c(F)c2)C(=O)O1.Cl.OB1OCc2cccc(OCCCBr)c21.S.S. The Kier molecular flexibility index (Phi) is 27.0. The number of amides is 3. The van der Waals surface area contributed by atoms with E-state index < -0.39 is 32.5 Å². The lowest BCUT2D eigenvalue weighted by atomic mass is 9.79. The number of hydrogen-bond donors (Lipinski definition) is 3.